The number of aliphatic hydroxyl groups is 2. The van der Waals surface area contributed by atoms with E-state index in [1.165, 1.54) is 24.0 Å². The quantitative estimate of drug-likeness (QED) is 0.710. The Morgan fingerprint density at radius 3 is 0.958 bits per heavy atom. The first-order valence-corrected chi connectivity index (χ1v) is 8.25. The molecule has 0 saturated carbocycles. The largest absolute Gasteiger partial charge is 0.400 e. The van der Waals surface area contributed by atoms with E-state index in [2.05, 4.69) is 88.4 Å². The highest BCUT2D eigenvalue weighted by Gasteiger charge is 1.92. The van der Waals surface area contributed by atoms with Crippen molar-refractivity contribution in [3.8, 4) is 0 Å². The van der Waals surface area contributed by atoms with E-state index in [4.69, 9.17) is 10.2 Å². The first-order chi connectivity index (χ1) is 11.3. The van der Waals surface area contributed by atoms with E-state index in [1.54, 1.807) is 0 Å². The average Bonchev–Trinajstić information content (AvgIpc) is 2.62. The van der Waals surface area contributed by atoms with Crippen LogP contribution >= 0.6 is 0 Å². The zero-order valence-electron chi connectivity index (χ0n) is 15.8. The van der Waals surface area contributed by atoms with E-state index in [-0.39, 0.29) is 7.43 Å². The van der Waals surface area contributed by atoms with Crippen molar-refractivity contribution in [3.05, 3.63) is 71.8 Å². The maximum Gasteiger partial charge on any atom is 0.0319 e. The van der Waals surface area contributed by atoms with E-state index in [1.807, 2.05) is 0 Å². The van der Waals surface area contributed by atoms with Crippen LogP contribution in [-0.4, -0.2) is 24.4 Å². The van der Waals surface area contributed by atoms with Crippen LogP contribution in [0, 0.1) is 0 Å². The number of hydrogen-bond acceptors (Lipinski definition) is 2. The van der Waals surface area contributed by atoms with Crippen LogP contribution in [-0.2, 0) is 6.42 Å². The zero-order valence-corrected chi connectivity index (χ0v) is 15.8. The van der Waals surface area contributed by atoms with Gasteiger partial charge in [-0.3, -0.25) is 0 Å². The highest BCUT2D eigenvalue weighted by molar-refractivity contribution is 5.25. The van der Waals surface area contributed by atoms with E-state index < -0.39 is 0 Å². The van der Waals surface area contributed by atoms with Gasteiger partial charge in [0.05, 0.1) is 0 Å². The van der Waals surface area contributed by atoms with Gasteiger partial charge in [0.2, 0.25) is 0 Å². The van der Waals surface area contributed by atoms with E-state index >= 15 is 0 Å². The van der Waals surface area contributed by atoms with Gasteiger partial charge < -0.3 is 10.2 Å². The lowest BCUT2D eigenvalue weighted by Crippen LogP contribution is -1.85. The molecule has 0 aliphatic rings. The van der Waals surface area contributed by atoms with Crippen LogP contribution < -0.4 is 0 Å². The van der Waals surface area contributed by atoms with E-state index in [9.17, 15) is 0 Å². The van der Waals surface area contributed by atoms with E-state index in [0.717, 1.165) is 20.6 Å². The monoisotopic (exact) mass is 336 g/mol. The maximum absolute atomic E-state index is 7.00. The molecule has 2 N–H and O–H groups in total. The van der Waals surface area contributed by atoms with Crippen LogP contribution in [0.15, 0.2) is 60.7 Å². The summed E-state index contributed by atoms with van der Waals surface area (Å²) in [5, 5.41) is 14.0. The molecule has 0 saturated heterocycles. The van der Waals surface area contributed by atoms with Crippen LogP contribution in [0.3, 0.4) is 0 Å². The summed E-state index contributed by atoms with van der Waals surface area (Å²) < 4.78 is 0. The molecule has 24 heavy (non-hydrogen) atoms. The molecular weight excluding hydrogens is 296 g/mol. The lowest BCUT2D eigenvalue weighted by atomic mass is 10.1. The van der Waals surface area contributed by atoms with Crippen LogP contribution in [0.25, 0.3) is 0 Å². The SMILES string of the molecule is C.CCC.CCC.CO.CO.c1ccc(Cc2ccccc2)cc1. The maximum atomic E-state index is 7.00. The number of benzene rings is 2. The normalized spacial score (nSPS) is 7.33. The Kier molecular flexibility index (Phi) is 37.0. The molecule has 2 nitrogen and oxygen atoms in total. The molecule has 0 spiro atoms. The summed E-state index contributed by atoms with van der Waals surface area (Å²) in [5.74, 6) is 0. The van der Waals surface area contributed by atoms with Crippen molar-refractivity contribution in [1.82, 2.24) is 0 Å². The molecule has 0 heterocycles. The standard InChI is InChI=1S/C13H12.2C3H8.2CH4O.CH4/c1-3-7-12(8-4-1)11-13-9-5-2-6-10-13;2*1-3-2;2*1-2;/h1-10H,11H2;2*3H2,1-2H3;2*2H,1H3;1H4. The fraction of sp³-hybridized carbons (Fsp3) is 0.455. The van der Waals surface area contributed by atoms with Crippen molar-refractivity contribution in [2.75, 3.05) is 14.2 Å². The highest BCUT2D eigenvalue weighted by Crippen LogP contribution is 2.07. The molecule has 0 fully saturated rings. The zero-order chi connectivity index (χ0) is 18.3. The molecule has 0 bridgehead atoms. The first kappa shape index (κ1) is 30.3. The van der Waals surface area contributed by atoms with Gasteiger partial charge in [-0.05, 0) is 17.5 Å². The van der Waals surface area contributed by atoms with E-state index in [0.29, 0.717) is 0 Å². The molecular formula is C22H40O2. The Morgan fingerprint density at radius 1 is 0.542 bits per heavy atom. The third-order valence-corrected chi connectivity index (χ3v) is 2.09. The molecule has 0 radical (unpaired) electrons. The van der Waals surface area contributed by atoms with Crippen molar-refractivity contribution in [3.63, 3.8) is 0 Å². The van der Waals surface area contributed by atoms with Gasteiger partial charge in [0.15, 0.2) is 0 Å². The Bertz CT molecular complexity index is 346. The number of aliphatic hydroxyl groups excluding tert-OH is 2. The Balaban J connectivity index is -0.000000155. The number of hydrogen-bond donors (Lipinski definition) is 2. The van der Waals surface area contributed by atoms with Gasteiger partial charge in [-0.15, -0.1) is 0 Å². The Hall–Kier alpha value is -1.64. The molecule has 140 valence electrons. The topological polar surface area (TPSA) is 40.5 Å². The number of rotatable bonds is 2. The lowest BCUT2D eigenvalue weighted by Gasteiger charge is -2.00. The molecule has 2 aromatic carbocycles. The van der Waals surface area contributed by atoms with Gasteiger partial charge in [0.25, 0.3) is 0 Å². The van der Waals surface area contributed by atoms with Crippen molar-refractivity contribution in [2.24, 2.45) is 0 Å². The molecule has 0 amide bonds. The summed E-state index contributed by atoms with van der Waals surface area (Å²) in [6.45, 7) is 8.50. The molecule has 2 aromatic rings. The minimum atomic E-state index is 0. The summed E-state index contributed by atoms with van der Waals surface area (Å²) in [6, 6.07) is 21.1. The van der Waals surface area contributed by atoms with Crippen LogP contribution in [0.5, 0.6) is 0 Å². The second kappa shape index (κ2) is 29.4. The molecule has 2 heteroatoms. The summed E-state index contributed by atoms with van der Waals surface area (Å²) in [7, 11) is 2.00. The third-order valence-electron chi connectivity index (χ3n) is 2.09. The van der Waals surface area contributed by atoms with Crippen molar-refractivity contribution in [2.45, 2.75) is 54.4 Å². The first-order valence-electron chi connectivity index (χ1n) is 8.25. The Labute approximate surface area is 151 Å². The molecule has 2 rings (SSSR count). The lowest BCUT2D eigenvalue weighted by molar-refractivity contribution is 0.399. The van der Waals surface area contributed by atoms with Gasteiger partial charge in [-0.25, -0.2) is 0 Å². The van der Waals surface area contributed by atoms with Gasteiger partial charge in [0.1, 0.15) is 0 Å². The van der Waals surface area contributed by atoms with Crippen LogP contribution in [0.4, 0.5) is 0 Å². The fourth-order valence-electron chi connectivity index (χ4n) is 1.43. The predicted molar refractivity (Wildman–Crippen MR) is 111 cm³/mol. The highest BCUT2D eigenvalue weighted by atomic mass is 16.2. The molecule has 0 aliphatic carbocycles. The van der Waals surface area contributed by atoms with Crippen molar-refractivity contribution in [1.29, 1.82) is 0 Å². The summed E-state index contributed by atoms with van der Waals surface area (Å²) in [6.07, 6.45) is 3.53. The predicted octanol–water partition coefficient (Wildman–Crippen LogP) is 5.96. The molecule has 0 unspecified atom stereocenters. The molecule has 0 aromatic heterocycles. The average molecular weight is 337 g/mol. The van der Waals surface area contributed by atoms with Gasteiger partial charge in [0, 0.05) is 14.2 Å². The summed E-state index contributed by atoms with van der Waals surface area (Å²) in [5.41, 5.74) is 2.74. The molecule has 0 atom stereocenters. The second-order valence-electron chi connectivity index (χ2n) is 4.56. The minimum Gasteiger partial charge on any atom is -0.400 e. The van der Waals surface area contributed by atoms with Gasteiger partial charge in [-0.2, -0.15) is 0 Å². The fourth-order valence-corrected chi connectivity index (χ4v) is 1.43. The summed E-state index contributed by atoms with van der Waals surface area (Å²) >= 11 is 0. The minimum absolute atomic E-state index is 0. The van der Waals surface area contributed by atoms with Crippen LogP contribution in [0.2, 0.25) is 0 Å². The molecule has 0 aliphatic heterocycles. The van der Waals surface area contributed by atoms with Crippen molar-refractivity contribution < 1.29 is 10.2 Å². The Morgan fingerprint density at radius 2 is 0.750 bits per heavy atom. The van der Waals surface area contributed by atoms with Gasteiger partial charge >= 0.3 is 0 Å². The smallest absolute Gasteiger partial charge is 0.0319 e. The third kappa shape index (κ3) is 22.6. The van der Waals surface area contributed by atoms with Gasteiger partial charge in [-0.1, -0.05) is 109 Å². The van der Waals surface area contributed by atoms with Crippen LogP contribution in [0.1, 0.15) is 59.1 Å². The second-order valence-corrected chi connectivity index (χ2v) is 4.56. The van der Waals surface area contributed by atoms with Crippen molar-refractivity contribution >= 4 is 0 Å². The summed E-state index contributed by atoms with van der Waals surface area (Å²) in [4.78, 5) is 0.